The van der Waals surface area contributed by atoms with Gasteiger partial charge in [0.2, 0.25) is 0 Å². The first kappa shape index (κ1) is 21.1. The number of nitrogens with two attached hydrogens (primary N) is 1. The van der Waals surface area contributed by atoms with Crippen LogP contribution in [-0.2, 0) is 12.0 Å². The topological polar surface area (TPSA) is 77.5 Å². The van der Waals surface area contributed by atoms with Crippen molar-refractivity contribution in [2.45, 2.75) is 45.7 Å². The Balaban J connectivity index is 0.00000312. The number of nitrogens with one attached hydrogen (secondary N) is 1. The third kappa shape index (κ3) is 6.11. The smallest absolute Gasteiger partial charge is 0.254 e. The second kappa shape index (κ2) is 8.92. The molecule has 0 spiro atoms. The third-order valence-corrected chi connectivity index (χ3v) is 3.71. The minimum Gasteiger partial charge on any atom is -0.491 e. The normalized spacial score (nSPS) is 12.2. The quantitative estimate of drug-likeness (QED) is 0.817. The summed E-state index contributed by atoms with van der Waals surface area (Å²) in [6.07, 6.45) is 1.41. The molecule has 1 atom stereocenters. The average Bonchev–Trinajstić information content (AvgIpc) is 3.01. The Labute approximate surface area is 155 Å². The van der Waals surface area contributed by atoms with Gasteiger partial charge in [0.1, 0.15) is 24.4 Å². The van der Waals surface area contributed by atoms with E-state index in [2.05, 4.69) is 38.2 Å². The van der Waals surface area contributed by atoms with Gasteiger partial charge in [0.25, 0.3) is 5.91 Å². The van der Waals surface area contributed by atoms with E-state index >= 15 is 0 Å². The molecule has 0 aliphatic heterocycles. The number of carbonyl (C=O) groups is 1. The molecule has 1 aromatic heterocycles. The summed E-state index contributed by atoms with van der Waals surface area (Å²) in [5.74, 6) is 1.18. The van der Waals surface area contributed by atoms with E-state index < -0.39 is 0 Å². The molecule has 6 heteroatoms. The Kier molecular flexibility index (Phi) is 7.52. The predicted octanol–water partition coefficient (Wildman–Crippen LogP) is 3.65. The number of furan rings is 1. The molecular weight excluding hydrogens is 340 g/mol. The largest absolute Gasteiger partial charge is 0.491 e. The molecule has 138 valence electrons. The average molecular weight is 367 g/mol. The Hall–Kier alpha value is -1.98. The number of rotatable bonds is 6. The van der Waals surface area contributed by atoms with Crippen LogP contribution < -0.4 is 15.8 Å². The van der Waals surface area contributed by atoms with Gasteiger partial charge in [-0.3, -0.25) is 4.79 Å². The number of hydrogen-bond acceptors (Lipinski definition) is 4. The maximum Gasteiger partial charge on any atom is 0.254 e. The number of benzene rings is 1. The lowest BCUT2D eigenvalue weighted by Crippen LogP contribution is -2.36. The molecule has 0 aliphatic carbocycles. The molecule has 1 aromatic carbocycles. The third-order valence-electron chi connectivity index (χ3n) is 3.71. The van der Waals surface area contributed by atoms with Crippen LogP contribution >= 0.6 is 12.4 Å². The van der Waals surface area contributed by atoms with Gasteiger partial charge in [0.05, 0.1) is 18.2 Å². The minimum atomic E-state index is -0.197. The summed E-state index contributed by atoms with van der Waals surface area (Å²) in [5.41, 5.74) is 7.31. The van der Waals surface area contributed by atoms with Crippen molar-refractivity contribution in [2.24, 2.45) is 5.73 Å². The summed E-state index contributed by atoms with van der Waals surface area (Å²) >= 11 is 0. The molecular formula is C19H27ClN2O3. The lowest BCUT2D eigenvalue weighted by molar-refractivity contribution is 0.0926. The van der Waals surface area contributed by atoms with Crippen molar-refractivity contribution >= 4 is 18.3 Å². The number of hydrogen-bond donors (Lipinski definition) is 2. The van der Waals surface area contributed by atoms with Crippen molar-refractivity contribution in [2.75, 3.05) is 6.61 Å². The second-order valence-corrected chi connectivity index (χ2v) is 6.97. The van der Waals surface area contributed by atoms with E-state index in [1.54, 1.807) is 6.07 Å². The van der Waals surface area contributed by atoms with Crippen LogP contribution in [0.3, 0.4) is 0 Å². The number of halogens is 1. The van der Waals surface area contributed by atoms with Crippen molar-refractivity contribution in [3.8, 4) is 5.75 Å². The molecule has 0 saturated heterocycles. The zero-order valence-corrected chi connectivity index (χ0v) is 16.0. The Morgan fingerprint density at radius 1 is 1.28 bits per heavy atom. The fourth-order valence-corrected chi connectivity index (χ4v) is 2.23. The second-order valence-electron chi connectivity index (χ2n) is 6.97. The molecule has 1 unspecified atom stereocenters. The van der Waals surface area contributed by atoms with Crippen LogP contribution in [0.4, 0.5) is 0 Å². The lowest BCUT2D eigenvalue weighted by Gasteiger charge is -2.19. The summed E-state index contributed by atoms with van der Waals surface area (Å²) in [7, 11) is 0. The highest BCUT2D eigenvalue weighted by atomic mass is 35.5. The predicted molar refractivity (Wildman–Crippen MR) is 101 cm³/mol. The van der Waals surface area contributed by atoms with Gasteiger partial charge in [-0.05, 0) is 36.1 Å². The zero-order chi connectivity index (χ0) is 17.7. The molecule has 0 saturated carbocycles. The molecule has 0 radical (unpaired) electrons. The first-order valence-corrected chi connectivity index (χ1v) is 8.11. The highest BCUT2D eigenvalue weighted by Gasteiger charge is 2.14. The molecule has 2 aromatic rings. The molecule has 0 fully saturated rings. The number of carbonyl (C=O) groups excluding carboxylic acids is 1. The molecule has 1 heterocycles. The van der Waals surface area contributed by atoms with Crippen LogP contribution in [0.1, 0.15) is 49.4 Å². The van der Waals surface area contributed by atoms with E-state index in [0.29, 0.717) is 17.9 Å². The van der Waals surface area contributed by atoms with Gasteiger partial charge in [-0.2, -0.15) is 0 Å². The van der Waals surface area contributed by atoms with E-state index in [9.17, 15) is 4.79 Å². The van der Waals surface area contributed by atoms with Crippen molar-refractivity contribution in [3.63, 3.8) is 0 Å². The van der Waals surface area contributed by atoms with Gasteiger partial charge in [0.15, 0.2) is 0 Å². The summed E-state index contributed by atoms with van der Waals surface area (Å²) in [4.78, 5) is 12.1. The van der Waals surface area contributed by atoms with Crippen LogP contribution in [0.25, 0.3) is 0 Å². The Morgan fingerprint density at radius 2 is 1.92 bits per heavy atom. The molecule has 1 amide bonds. The van der Waals surface area contributed by atoms with E-state index in [-0.39, 0.29) is 36.3 Å². The zero-order valence-electron chi connectivity index (χ0n) is 15.2. The van der Waals surface area contributed by atoms with Crippen LogP contribution in [-0.4, -0.2) is 18.6 Å². The molecule has 25 heavy (non-hydrogen) atoms. The van der Waals surface area contributed by atoms with Gasteiger partial charge in [-0.1, -0.05) is 32.9 Å². The van der Waals surface area contributed by atoms with Crippen molar-refractivity contribution < 1.29 is 13.9 Å². The van der Waals surface area contributed by atoms with E-state index in [0.717, 1.165) is 5.75 Å². The van der Waals surface area contributed by atoms with Gasteiger partial charge >= 0.3 is 0 Å². The van der Waals surface area contributed by atoms with E-state index in [1.165, 1.54) is 11.8 Å². The Morgan fingerprint density at radius 3 is 2.44 bits per heavy atom. The van der Waals surface area contributed by atoms with Gasteiger partial charge < -0.3 is 20.2 Å². The maximum absolute atomic E-state index is 12.1. The first-order chi connectivity index (χ1) is 11.3. The monoisotopic (exact) mass is 366 g/mol. The Bertz CT molecular complexity index is 675. The lowest BCUT2D eigenvalue weighted by atomic mass is 9.87. The fraction of sp³-hybridized carbons (Fsp3) is 0.421. The molecule has 5 nitrogen and oxygen atoms in total. The summed E-state index contributed by atoms with van der Waals surface area (Å²) in [6.45, 7) is 9.08. The summed E-state index contributed by atoms with van der Waals surface area (Å²) in [5, 5.41) is 2.87. The SMILES string of the molecule is CC(COc1ccc(C(C)(C)C)cc1)NC(=O)c1coc(CN)c1.Cl. The minimum absolute atomic E-state index is 0. The fourth-order valence-electron chi connectivity index (χ4n) is 2.23. The number of ether oxygens (including phenoxy) is 1. The molecule has 3 N–H and O–H groups in total. The summed E-state index contributed by atoms with van der Waals surface area (Å²) in [6, 6.07) is 9.57. The standard InChI is InChI=1S/C19H26N2O3.ClH/c1-13(21-18(22)14-9-17(10-20)24-12-14)11-23-16-7-5-15(6-8-16)19(2,3)4;/h5-9,12-13H,10-11,20H2,1-4H3,(H,21,22);1H. The van der Waals surface area contributed by atoms with Crippen molar-refractivity contribution in [3.05, 3.63) is 53.5 Å². The van der Waals surface area contributed by atoms with Crippen LogP contribution in [0.2, 0.25) is 0 Å². The molecule has 0 aliphatic rings. The van der Waals surface area contributed by atoms with E-state index in [4.69, 9.17) is 14.9 Å². The van der Waals surface area contributed by atoms with Crippen LogP contribution in [0.5, 0.6) is 5.75 Å². The number of amides is 1. The molecule has 0 bridgehead atoms. The van der Waals surface area contributed by atoms with Crippen LogP contribution in [0, 0.1) is 0 Å². The van der Waals surface area contributed by atoms with Gasteiger partial charge in [-0.15, -0.1) is 12.4 Å². The first-order valence-electron chi connectivity index (χ1n) is 8.11. The van der Waals surface area contributed by atoms with Crippen LogP contribution in [0.15, 0.2) is 41.0 Å². The highest BCUT2D eigenvalue weighted by molar-refractivity contribution is 5.94. The highest BCUT2D eigenvalue weighted by Crippen LogP contribution is 2.24. The van der Waals surface area contributed by atoms with Gasteiger partial charge in [0, 0.05) is 0 Å². The summed E-state index contributed by atoms with van der Waals surface area (Å²) < 4.78 is 10.9. The van der Waals surface area contributed by atoms with Crippen molar-refractivity contribution in [1.29, 1.82) is 0 Å². The van der Waals surface area contributed by atoms with E-state index in [1.807, 2.05) is 19.1 Å². The maximum atomic E-state index is 12.1. The van der Waals surface area contributed by atoms with Crippen molar-refractivity contribution in [1.82, 2.24) is 5.32 Å². The van der Waals surface area contributed by atoms with Gasteiger partial charge in [-0.25, -0.2) is 0 Å². The molecule has 2 rings (SSSR count).